The summed E-state index contributed by atoms with van der Waals surface area (Å²) in [6, 6.07) is 1.40. The zero-order valence-corrected chi connectivity index (χ0v) is 10.1. The van der Waals surface area contributed by atoms with E-state index in [-0.39, 0.29) is 22.3 Å². The summed E-state index contributed by atoms with van der Waals surface area (Å²) in [5, 5.41) is 2.52. The van der Waals surface area contributed by atoms with Crippen molar-refractivity contribution < 1.29 is 4.79 Å². The predicted octanol–water partition coefficient (Wildman–Crippen LogP) is 1.43. The molecule has 0 saturated carbocycles. The highest BCUT2D eigenvalue weighted by Crippen LogP contribution is 1.99. The van der Waals surface area contributed by atoms with Crippen LogP contribution in [-0.4, -0.2) is 22.8 Å². The van der Waals surface area contributed by atoms with Crippen molar-refractivity contribution in [2.45, 2.75) is 25.6 Å². The number of pyridine rings is 1. The third-order valence-corrected chi connectivity index (χ3v) is 2.69. The van der Waals surface area contributed by atoms with Gasteiger partial charge in [-0.05, 0) is 13.3 Å². The molecule has 0 aliphatic heterocycles. The first kappa shape index (κ1) is 12.8. The summed E-state index contributed by atoms with van der Waals surface area (Å²) in [6.45, 7) is 4.06. The average molecular weight is 243 g/mol. The average Bonchev–Trinajstić information content (AvgIpc) is 2.25. The number of nitrogens with one attached hydrogen (secondary N) is 2. The van der Waals surface area contributed by atoms with Gasteiger partial charge in [-0.1, -0.05) is 6.92 Å². The Labute approximate surface area is 99.0 Å². The summed E-state index contributed by atoms with van der Waals surface area (Å²) in [4.78, 5) is 25.9. The highest BCUT2D eigenvalue weighted by atomic mass is 35.5. The second-order valence-corrected chi connectivity index (χ2v) is 4.23. The molecule has 0 bridgehead atoms. The number of alkyl halides is 1. The first-order valence-corrected chi connectivity index (χ1v) is 5.59. The van der Waals surface area contributed by atoms with Crippen LogP contribution in [0.3, 0.4) is 0 Å². The molecule has 0 fully saturated rings. The number of aryl methyl sites for hydroxylation is 1. The van der Waals surface area contributed by atoms with Gasteiger partial charge in [-0.15, -0.1) is 11.6 Å². The molecular formula is C11H15ClN2O2. The molecule has 0 saturated heterocycles. The van der Waals surface area contributed by atoms with Gasteiger partial charge in [0.05, 0.1) is 5.38 Å². The third kappa shape index (κ3) is 3.38. The van der Waals surface area contributed by atoms with Crippen molar-refractivity contribution in [1.29, 1.82) is 0 Å². The molecule has 1 aromatic heterocycles. The quantitative estimate of drug-likeness (QED) is 0.785. The lowest BCUT2D eigenvalue weighted by Gasteiger charge is -2.08. The maximum atomic E-state index is 11.6. The van der Waals surface area contributed by atoms with Crippen molar-refractivity contribution in [3.63, 3.8) is 0 Å². The van der Waals surface area contributed by atoms with E-state index in [1.807, 2.05) is 6.92 Å². The molecule has 1 heterocycles. The standard InChI is InChI=1S/C11H15ClN2O2/c1-3-8(12)5-14-11(16)9-6-13-7(2)4-10(9)15/h4,6,8H,3,5H2,1-2H3,(H,13,15)(H,14,16). The van der Waals surface area contributed by atoms with Gasteiger partial charge in [0.1, 0.15) is 5.56 Å². The van der Waals surface area contributed by atoms with Gasteiger partial charge in [-0.2, -0.15) is 0 Å². The Kier molecular flexibility index (Phi) is 4.55. The van der Waals surface area contributed by atoms with Crippen LogP contribution in [-0.2, 0) is 0 Å². The van der Waals surface area contributed by atoms with Gasteiger partial charge in [0.15, 0.2) is 5.43 Å². The van der Waals surface area contributed by atoms with Crippen molar-refractivity contribution in [2.75, 3.05) is 6.54 Å². The molecule has 1 unspecified atom stereocenters. The molecule has 0 aliphatic carbocycles. The minimum absolute atomic E-state index is 0.103. The Hall–Kier alpha value is -1.29. The van der Waals surface area contributed by atoms with Gasteiger partial charge in [-0.25, -0.2) is 0 Å². The monoisotopic (exact) mass is 242 g/mol. The van der Waals surface area contributed by atoms with Crippen LogP contribution in [0.4, 0.5) is 0 Å². The van der Waals surface area contributed by atoms with Crippen molar-refractivity contribution >= 4 is 17.5 Å². The number of carbonyl (C=O) groups is 1. The fourth-order valence-electron chi connectivity index (χ4n) is 1.19. The van der Waals surface area contributed by atoms with E-state index < -0.39 is 0 Å². The molecule has 0 aliphatic rings. The minimum atomic E-state index is -0.389. The molecule has 1 aromatic rings. The van der Waals surface area contributed by atoms with E-state index in [4.69, 9.17) is 11.6 Å². The lowest BCUT2D eigenvalue weighted by atomic mass is 10.2. The molecule has 4 nitrogen and oxygen atoms in total. The van der Waals surface area contributed by atoms with Gasteiger partial charge in [-0.3, -0.25) is 9.59 Å². The van der Waals surface area contributed by atoms with Gasteiger partial charge in [0.25, 0.3) is 5.91 Å². The summed E-state index contributed by atoms with van der Waals surface area (Å²) in [5.41, 5.74) is 0.562. The second kappa shape index (κ2) is 5.70. The van der Waals surface area contributed by atoms with E-state index in [2.05, 4.69) is 10.3 Å². The molecule has 5 heteroatoms. The van der Waals surface area contributed by atoms with Crippen molar-refractivity contribution in [2.24, 2.45) is 0 Å². The van der Waals surface area contributed by atoms with E-state index in [1.165, 1.54) is 12.3 Å². The van der Waals surface area contributed by atoms with Crippen molar-refractivity contribution in [3.05, 3.63) is 33.7 Å². The van der Waals surface area contributed by atoms with Crippen LogP contribution < -0.4 is 10.7 Å². The maximum absolute atomic E-state index is 11.6. The lowest BCUT2D eigenvalue weighted by Crippen LogP contribution is -2.32. The summed E-state index contributed by atoms with van der Waals surface area (Å²) >= 11 is 5.86. The Balaban J connectivity index is 2.70. The highest BCUT2D eigenvalue weighted by molar-refractivity contribution is 6.20. The van der Waals surface area contributed by atoms with E-state index >= 15 is 0 Å². The van der Waals surface area contributed by atoms with E-state index in [0.717, 1.165) is 12.1 Å². The van der Waals surface area contributed by atoms with Crippen LogP contribution in [0.1, 0.15) is 29.4 Å². The normalized spacial score (nSPS) is 12.2. The van der Waals surface area contributed by atoms with Crippen LogP contribution in [0, 0.1) is 6.92 Å². The summed E-state index contributed by atoms with van der Waals surface area (Å²) in [6.07, 6.45) is 2.19. The number of hydrogen-bond donors (Lipinski definition) is 2. The fraction of sp³-hybridized carbons (Fsp3) is 0.455. The molecular weight excluding hydrogens is 228 g/mol. The largest absolute Gasteiger partial charge is 0.364 e. The van der Waals surface area contributed by atoms with Gasteiger partial charge in [0, 0.05) is 24.5 Å². The van der Waals surface area contributed by atoms with E-state index in [1.54, 1.807) is 6.92 Å². The number of halogens is 1. The molecule has 16 heavy (non-hydrogen) atoms. The SMILES string of the molecule is CCC(Cl)CNC(=O)c1c[nH]c(C)cc1=O. The summed E-state index contributed by atoms with van der Waals surface area (Å²) < 4.78 is 0. The summed E-state index contributed by atoms with van der Waals surface area (Å²) in [5.74, 6) is -0.389. The molecule has 1 rings (SSSR count). The number of amides is 1. The summed E-state index contributed by atoms with van der Waals surface area (Å²) in [7, 11) is 0. The van der Waals surface area contributed by atoms with Crippen LogP contribution in [0.25, 0.3) is 0 Å². The number of rotatable bonds is 4. The number of aromatic nitrogens is 1. The maximum Gasteiger partial charge on any atom is 0.256 e. The Bertz CT molecular complexity index is 428. The predicted molar refractivity (Wildman–Crippen MR) is 64.1 cm³/mol. The van der Waals surface area contributed by atoms with Crippen LogP contribution >= 0.6 is 11.6 Å². The van der Waals surface area contributed by atoms with Gasteiger partial charge < -0.3 is 10.3 Å². The Morgan fingerprint density at radius 2 is 2.31 bits per heavy atom. The lowest BCUT2D eigenvalue weighted by molar-refractivity contribution is 0.0952. The topological polar surface area (TPSA) is 62.0 Å². The highest BCUT2D eigenvalue weighted by Gasteiger charge is 2.11. The van der Waals surface area contributed by atoms with E-state index in [9.17, 15) is 9.59 Å². The zero-order valence-electron chi connectivity index (χ0n) is 9.34. The number of carbonyl (C=O) groups excluding carboxylic acids is 1. The molecule has 1 atom stereocenters. The number of H-pyrrole nitrogens is 1. The zero-order chi connectivity index (χ0) is 12.1. The van der Waals surface area contributed by atoms with Crippen molar-refractivity contribution in [3.8, 4) is 0 Å². The van der Waals surface area contributed by atoms with Gasteiger partial charge >= 0.3 is 0 Å². The third-order valence-electron chi connectivity index (χ3n) is 2.23. The fourth-order valence-corrected chi connectivity index (χ4v) is 1.27. The molecule has 88 valence electrons. The molecule has 0 aromatic carbocycles. The van der Waals surface area contributed by atoms with Crippen LogP contribution in [0.2, 0.25) is 0 Å². The first-order valence-electron chi connectivity index (χ1n) is 5.16. The van der Waals surface area contributed by atoms with Crippen molar-refractivity contribution in [1.82, 2.24) is 10.3 Å². The molecule has 1 amide bonds. The number of hydrogen-bond acceptors (Lipinski definition) is 2. The minimum Gasteiger partial charge on any atom is -0.364 e. The van der Waals surface area contributed by atoms with Crippen LogP contribution in [0.15, 0.2) is 17.1 Å². The Morgan fingerprint density at radius 3 is 2.88 bits per heavy atom. The molecule has 0 spiro atoms. The van der Waals surface area contributed by atoms with Crippen LogP contribution in [0.5, 0.6) is 0 Å². The molecule has 0 radical (unpaired) electrons. The molecule has 2 N–H and O–H groups in total. The smallest absolute Gasteiger partial charge is 0.256 e. The van der Waals surface area contributed by atoms with Gasteiger partial charge in [0.2, 0.25) is 0 Å². The second-order valence-electron chi connectivity index (χ2n) is 3.61. The Morgan fingerprint density at radius 1 is 1.62 bits per heavy atom. The van der Waals surface area contributed by atoms with E-state index in [0.29, 0.717) is 6.54 Å². The first-order chi connectivity index (χ1) is 7.54. The number of aromatic amines is 1.